The average Bonchev–Trinajstić information content (AvgIpc) is 1.92. The van der Waals surface area contributed by atoms with Gasteiger partial charge in [0.1, 0.15) is 4.90 Å². The molecule has 0 aliphatic heterocycles. The fraction of sp³-hybridized carbons (Fsp3) is 0.143. The molecule has 0 fully saturated rings. The van der Waals surface area contributed by atoms with Crippen LogP contribution in [0.3, 0.4) is 0 Å². The molecule has 1 aromatic carbocycles. The lowest BCUT2D eigenvalue weighted by Gasteiger charge is -2.02. The van der Waals surface area contributed by atoms with Crippen molar-refractivity contribution in [1.82, 2.24) is 0 Å². The first-order valence-corrected chi connectivity index (χ1v) is 4.69. The lowest BCUT2D eigenvalue weighted by atomic mass is 10.2. The Morgan fingerprint density at radius 2 is 2.00 bits per heavy atom. The minimum atomic E-state index is -4.18. The first-order valence-electron chi connectivity index (χ1n) is 3.25. The quantitative estimate of drug-likeness (QED) is 0.388. The molecule has 0 bridgehead atoms. The summed E-state index contributed by atoms with van der Waals surface area (Å²) in [5.41, 5.74) is 6.13. The molecule has 1 rings (SSSR count). The number of nitrogens with two attached hydrogens (primary N) is 1. The molecule has 1 aromatic rings. The van der Waals surface area contributed by atoms with Gasteiger partial charge >= 0.3 is 0 Å². The van der Waals surface area contributed by atoms with E-state index in [1.54, 1.807) is 13.0 Å². The van der Waals surface area contributed by atoms with Crippen molar-refractivity contribution in [2.75, 3.05) is 5.73 Å². The summed E-state index contributed by atoms with van der Waals surface area (Å²) in [7, 11) is -4.18. The first-order chi connectivity index (χ1) is 5.41. The Labute approximate surface area is 70.8 Å². The summed E-state index contributed by atoms with van der Waals surface area (Å²) in [5, 5.41) is 0. The lowest BCUT2D eigenvalue weighted by molar-refractivity contribution is 0.483. The van der Waals surface area contributed by atoms with Crippen molar-refractivity contribution in [2.24, 2.45) is 0 Å². The van der Waals surface area contributed by atoms with Gasteiger partial charge in [-0.25, -0.2) is 0 Å². The van der Waals surface area contributed by atoms with Crippen molar-refractivity contribution >= 4 is 15.8 Å². The third kappa shape index (κ3) is 1.75. The van der Waals surface area contributed by atoms with Crippen LogP contribution in [0.1, 0.15) is 5.56 Å². The molecule has 0 aliphatic carbocycles. The highest BCUT2D eigenvalue weighted by atomic mass is 32.2. The SMILES string of the molecule is Cc1ccc([15NH2])c(S(=O)(=O)O)c1. The van der Waals surface area contributed by atoms with Gasteiger partial charge in [-0.15, -0.1) is 0 Å². The van der Waals surface area contributed by atoms with Gasteiger partial charge in [0.25, 0.3) is 10.1 Å². The predicted octanol–water partition coefficient (Wildman–Crippen LogP) is 0.824. The third-order valence-electron chi connectivity index (χ3n) is 1.45. The van der Waals surface area contributed by atoms with Crippen LogP contribution in [0, 0.1) is 6.92 Å². The molecule has 66 valence electrons. The fourth-order valence-corrected chi connectivity index (χ4v) is 1.57. The Kier molecular flexibility index (Phi) is 2.08. The van der Waals surface area contributed by atoms with Crippen LogP contribution in [-0.2, 0) is 10.1 Å². The van der Waals surface area contributed by atoms with Crippen LogP contribution in [0.2, 0.25) is 0 Å². The van der Waals surface area contributed by atoms with Crippen molar-refractivity contribution < 1.29 is 13.0 Å². The van der Waals surface area contributed by atoms with E-state index in [-0.39, 0.29) is 10.6 Å². The molecule has 4 nitrogen and oxygen atoms in total. The summed E-state index contributed by atoms with van der Waals surface area (Å²) >= 11 is 0. The molecule has 0 heterocycles. The molecule has 0 aliphatic rings. The highest BCUT2D eigenvalue weighted by Gasteiger charge is 2.12. The third-order valence-corrected chi connectivity index (χ3v) is 2.36. The molecule has 0 unspecified atom stereocenters. The maximum Gasteiger partial charge on any atom is 0.296 e. The Balaban J connectivity index is 3.43. The van der Waals surface area contributed by atoms with Gasteiger partial charge in [-0.05, 0) is 24.6 Å². The fourth-order valence-electron chi connectivity index (χ4n) is 0.865. The first kappa shape index (κ1) is 9.02. The van der Waals surface area contributed by atoms with Crippen molar-refractivity contribution in [1.29, 1.82) is 0 Å². The van der Waals surface area contributed by atoms with Crippen LogP contribution >= 0.6 is 0 Å². The summed E-state index contributed by atoms with van der Waals surface area (Å²) in [4.78, 5) is -0.234. The number of anilines is 1. The van der Waals surface area contributed by atoms with Gasteiger partial charge in [-0.3, -0.25) is 4.55 Å². The number of rotatable bonds is 1. The molecule has 0 spiro atoms. The average molecular weight is 188 g/mol. The van der Waals surface area contributed by atoms with Gasteiger partial charge in [-0.1, -0.05) is 6.07 Å². The van der Waals surface area contributed by atoms with Gasteiger partial charge in [0.15, 0.2) is 0 Å². The van der Waals surface area contributed by atoms with E-state index in [0.717, 1.165) is 5.56 Å². The topological polar surface area (TPSA) is 80.4 Å². The van der Waals surface area contributed by atoms with Gasteiger partial charge in [0.05, 0.1) is 5.69 Å². The van der Waals surface area contributed by atoms with Crippen LogP contribution < -0.4 is 5.73 Å². The Hall–Kier alpha value is -1.07. The van der Waals surface area contributed by atoms with E-state index < -0.39 is 10.1 Å². The summed E-state index contributed by atoms with van der Waals surface area (Å²) in [6.45, 7) is 1.72. The van der Waals surface area contributed by atoms with Crippen molar-refractivity contribution in [3.05, 3.63) is 23.8 Å². The second-order valence-corrected chi connectivity index (χ2v) is 3.91. The zero-order valence-electron chi connectivity index (χ0n) is 6.48. The zero-order chi connectivity index (χ0) is 9.35. The second-order valence-electron chi connectivity index (χ2n) is 2.52. The maximum atomic E-state index is 10.7. The normalized spacial score (nSPS) is 11.5. The Morgan fingerprint density at radius 1 is 1.42 bits per heavy atom. The summed E-state index contributed by atoms with van der Waals surface area (Å²) < 4.78 is 30.0. The number of hydrogen-bond acceptors (Lipinski definition) is 3. The molecular weight excluding hydrogens is 179 g/mol. The maximum absolute atomic E-state index is 10.7. The van der Waals surface area contributed by atoms with Gasteiger partial charge in [-0.2, -0.15) is 8.42 Å². The second kappa shape index (κ2) is 2.76. The standard InChI is InChI=1S/C7H9NO3S/c1-5-2-3-6(8)7(4-5)12(9,10)11/h2-4H,8H2,1H3,(H,9,10,11)/i8+1. The highest BCUT2D eigenvalue weighted by molar-refractivity contribution is 7.86. The summed E-state index contributed by atoms with van der Waals surface area (Å²) in [6, 6.07) is 4.44. The van der Waals surface area contributed by atoms with Crippen LogP contribution in [0.15, 0.2) is 23.1 Å². The van der Waals surface area contributed by atoms with E-state index in [9.17, 15) is 8.42 Å². The van der Waals surface area contributed by atoms with E-state index in [1.807, 2.05) is 0 Å². The molecule has 12 heavy (non-hydrogen) atoms. The van der Waals surface area contributed by atoms with Crippen molar-refractivity contribution in [3.63, 3.8) is 0 Å². The highest BCUT2D eigenvalue weighted by Crippen LogP contribution is 2.18. The van der Waals surface area contributed by atoms with E-state index in [0.29, 0.717) is 0 Å². The smallest absolute Gasteiger partial charge is 0.296 e. The van der Waals surface area contributed by atoms with Crippen molar-refractivity contribution in [2.45, 2.75) is 11.8 Å². The predicted molar refractivity (Wildman–Crippen MR) is 45.4 cm³/mol. The molecular formula is C7H9NO3S. The number of aryl methyl sites for hydroxylation is 1. The minimum Gasteiger partial charge on any atom is -0.398 e. The summed E-state index contributed by atoms with van der Waals surface area (Å²) in [6.07, 6.45) is 0. The number of benzene rings is 1. The van der Waals surface area contributed by atoms with E-state index in [1.165, 1.54) is 12.1 Å². The number of hydrogen-bond donors (Lipinski definition) is 2. The number of nitrogen functional groups attached to an aromatic ring is 1. The Morgan fingerprint density at radius 3 is 2.42 bits per heavy atom. The van der Waals surface area contributed by atoms with E-state index in [4.69, 9.17) is 10.3 Å². The molecule has 0 aromatic heterocycles. The van der Waals surface area contributed by atoms with Crippen LogP contribution in [0.5, 0.6) is 0 Å². The molecule has 0 atom stereocenters. The molecule has 5 heteroatoms. The zero-order valence-corrected chi connectivity index (χ0v) is 7.30. The van der Waals surface area contributed by atoms with Gasteiger partial charge < -0.3 is 5.73 Å². The monoisotopic (exact) mass is 188 g/mol. The largest absolute Gasteiger partial charge is 0.398 e. The minimum absolute atomic E-state index is 0.0584. The van der Waals surface area contributed by atoms with Crippen LogP contribution in [0.25, 0.3) is 0 Å². The van der Waals surface area contributed by atoms with Crippen molar-refractivity contribution in [3.8, 4) is 0 Å². The van der Waals surface area contributed by atoms with Gasteiger partial charge in [0.2, 0.25) is 0 Å². The van der Waals surface area contributed by atoms with E-state index in [2.05, 4.69) is 0 Å². The molecule has 0 saturated heterocycles. The molecule has 0 amide bonds. The van der Waals surface area contributed by atoms with Crippen LogP contribution in [0.4, 0.5) is 5.69 Å². The van der Waals surface area contributed by atoms with Crippen LogP contribution in [-0.4, -0.2) is 13.0 Å². The molecule has 0 radical (unpaired) electrons. The molecule has 0 saturated carbocycles. The van der Waals surface area contributed by atoms with E-state index >= 15 is 0 Å². The molecule has 3 N–H and O–H groups in total. The Bertz CT molecular complexity index is 397. The van der Waals surface area contributed by atoms with Gasteiger partial charge in [0, 0.05) is 0 Å². The lowest BCUT2D eigenvalue weighted by Crippen LogP contribution is -2.03. The summed E-state index contributed by atoms with van der Waals surface area (Å²) in [5.74, 6) is 0.